The molecule has 23 heavy (non-hydrogen) atoms. The highest BCUT2D eigenvalue weighted by molar-refractivity contribution is 7.91. The van der Waals surface area contributed by atoms with Gasteiger partial charge in [0.15, 0.2) is 9.84 Å². The number of nitrogens with one attached hydrogen (secondary N) is 1. The van der Waals surface area contributed by atoms with Gasteiger partial charge in [-0.1, -0.05) is 29.8 Å². The van der Waals surface area contributed by atoms with E-state index in [-0.39, 0.29) is 23.1 Å². The van der Waals surface area contributed by atoms with Crippen LogP contribution < -0.4 is 5.32 Å². The maximum absolute atomic E-state index is 12.0. The molecule has 0 aliphatic heterocycles. The Morgan fingerprint density at radius 1 is 1.13 bits per heavy atom. The van der Waals surface area contributed by atoms with Gasteiger partial charge in [-0.15, -0.1) is 0 Å². The molecule has 122 valence electrons. The maximum atomic E-state index is 12.0. The first-order valence-corrected chi connectivity index (χ1v) is 8.92. The summed E-state index contributed by atoms with van der Waals surface area (Å²) in [5.74, 6) is -0.567. The minimum absolute atomic E-state index is 0.150. The zero-order chi connectivity index (χ0) is 16.9. The molecule has 0 atom stereocenters. The Labute approximate surface area is 139 Å². The molecule has 0 unspecified atom stereocenters. The molecule has 0 radical (unpaired) electrons. The summed E-state index contributed by atoms with van der Waals surface area (Å²) in [5, 5.41) is 12.0. The van der Waals surface area contributed by atoms with Crippen LogP contribution in [0.25, 0.3) is 0 Å². The van der Waals surface area contributed by atoms with Crippen molar-refractivity contribution in [2.24, 2.45) is 0 Å². The van der Waals surface area contributed by atoms with Crippen LogP contribution in [-0.2, 0) is 16.4 Å². The Bertz CT molecular complexity index is 788. The largest absolute Gasteiger partial charge is 0.395 e. The molecule has 0 bridgehead atoms. The van der Waals surface area contributed by atoms with Gasteiger partial charge in [-0.25, -0.2) is 8.42 Å². The fraction of sp³-hybridized carbons (Fsp3) is 0.188. The topological polar surface area (TPSA) is 83.5 Å². The predicted molar refractivity (Wildman–Crippen MR) is 88.2 cm³/mol. The number of aliphatic hydroxyl groups excluding tert-OH is 1. The lowest BCUT2D eigenvalue weighted by Crippen LogP contribution is -2.22. The Kier molecular flexibility index (Phi) is 5.76. The highest BCUT2D eigenvalue weighted by Gasteiger charge is 2.13. The van der Waals surface area contributed by atoms with E-state index in [1.165, 1.54) is 12.1 Å². The summed E-state index contributed by atoms with van der Waals surface area (Å²) in [5.41, 5.74) is 1.22. The lowest BCUT2D eigenvalue weighted by molar-refractivity contribution is 0.0951. The van der Waals surface area contributed by atoms with Gasteiger partial charge in [0.25, 0.3) is 5.91 Å². The first-order chi connectivity index (χ1) is 10.9. The summed E-state index contributed by atoms with van der Waals surface area (Å²) >= 11 is 5.84. The third-order valence-corrected chi connectivity index (χ3v) is 5.13. The van der Waals surface area contributed by atoms with Gasteiger partial charge in [-0.2, -0.15) is 0 Å². The van der Waals surface area contributed by atoms with Gasteiger partial charge < -0.3 is 10.4 Å². The molecular formula is C16H16ClNO4S. The molecule has 5 nitrogen and oxygen atoms in total. The summed E-state index contributed by atoms with van der Waals surface area (Å²) in [6.45, 7) is -0.147. The van der Waals surface area contributed by atoms with Crippen molar-refractivity contribution in [3.63, 3.8) is 0 Å². The van der Waals surface area contributed by atoms with Crippen LogP contribution in [0.1, 0.15) is 15.9 Å². The molecule has 0 aliphatic rings. The van der Waals surface area contributed by atoms with E-state index in [9.17, 15) is 13.2 Å². The first-order valence-electron chi connectivity index (χ1n) is 6.89. The summed E-state index contributed by atoms with van der Waals surface area (Å²) in [4.78, 5) is 12.1. The molecule has 2 aromatic carbocycles. The number of halogens is 1. The number of sulfone groups is 1. The SMILES string of the molecule is O=C(NCc1ccc(S(=O)(=O)CCO)cc1)c1cccc(Cl)c1. The number of carbonyl (C=O) groups excluding carboxylic acids is 1. The van der Waals surface area contributed by atoms with Gasteiger partial charge in [0.1, 0.15) is 0 Å². The third kappa shape index (κ3) is 4.79. The van der Waals surface area contributed by atoms with Crippen LogP contribution in [0.2, 0.25) is 5.02 Å². The molecule has 1 amide bonds. The van der Waals surface area contributed by atoms with Crippen LogP contribution in [0.15, 0.2) is 53.4 Å². The number of aliphatic hydroxyl groups is 1. The van der Waals surface area contributed by atoms with E-state index >= 15 is 0 Å². The second-order valence-corrected chi connectivity index (χ2v) is 7.43. The van der Waals surface area contributed by atoms with Crippen LogP contribution in [0.5, 0.6) is 0 Å². The standard InChI is InChI=1S/C16H16ClNO4S/c17-14-3-1-2-13(10-14)16(20)18-11-12-4-6-15(7-5-12)23(21,22)9-8-19/h1-7,10,19H,8-9,11H2,(H,18,20). The highest BCUT2D eigenvalue weighted by Crippen LogP contribution is 2.13. The Morgan fingerprint density at radius 3 is 2.43 bits per heavy atom. The van der Waals surface area contributed by atoms with Crippen molar-refractivity contribution >= 4 is 27.3 Å². The molecule has 0 heterocycles. The Hall–Kier alpha value is -1.89. The van der Waals surface area contributed by atoms with Crippen LogP contribution in [-0.4, -0.2) is 31.8 Å². The van der Waals surface area contributed by atoms with Gasteiger partial charge >= 0.3 is 0 Å². The Balaban J connectivity index is 2.00. The molecule has 0 saturated carbocycles. The summed E-state index contributed by atoms with van der Waals surface area (Å²) in [6.07, 6.45) is 0. The molecule has 2 rings (SSSR count). The highest BCUT2D eigenvalue weighted by atomic mass is 35.5. The fourth-order valence-electron chi connectivity index (χ4n) is 1.97. The van der Waals surface area contributed by atoms with Crippen molar-refractivity contribution in [3.8, 4) is 0 Å². The molecule has 7 heteroatoms. The van der Waals surface area contributed by atoms with Crippen molar-refractivity contribution in [1.29, 1.82) is 0 Å². The van der Waals surface area contributed by atoms with E-state index in [1.807, 2.05) is 0 Å². The minimum Gasteiger partial charge on any atom is -0.395 e. The summed E-state index contributed by atoms with van der Waals surface area (Å²) in [7, 11) is -3.46. The molecular weight excluding hydrogens is 338 g/mol. The Morgan fingerprint density at radius 2 is 1.83 bits per heavy atom. The molecule has 0 saturated heterocycles. The third-order valence-electron chi connectivity index (χ3n) is 3.18. The van der Waals surface area contributed by atoms with Crippen LogP contribution in [0.4, 0.5) is 0 Å². The van der Waals surface area contributed by atoms with Crippen molar-refractivity contribution in [2.45, 2.75) is 11.4 Å². The van der Waals surface area contributed by atoms with Crippen molar-refractivity contribution < 1.29 is 18.3 Å². The van der Waals surface area contributed by atoms with Crippen molar-refractivity contribution in [2.75, 3.05) is 12.4 Å². The zero-order valence-corrected chi connectivity index (χ0v) is 13.8. The normalized spacial score (nSPS) is 11.2. The van der Waals surface area contributed by atoms with Crippen molar-refractivity contribution in [1.82, 2.24) is 5.32 Å². The van der Waals surface area contributed by atoms with E-state index in [4.69, 9.17) is 16.7 Å². The zero-order valence-electron chi connectivity index (χ0n) is 12.2. The average molecular weight is 354 g/mol. The number of hydrogen-bond donors (Lipinski definition) is 2. The number of benzene rings is 2. The number of hydrogen-bond acceptors (Lipinski definition) is 4. The number of rotatable bonds is 6. The average Bonchev–Trinajstić information content (AvgIpc) is 2.53. The summed E-state index contributed by atoms with van der Waals surface area (Å²) < 4.78 is 23.6. The van der Waals surface area contributed by atoms with Gasteiger partial charge in [0, 0.05) is 17.1 Å². The number of carbonyl (C=O) groups is 1. The van der Waals surface area contributed by atoms with Gasteiger partial charge in [-0.3, -0.25) is 4.79 Å². The molecule has 0 aliphatic carbocycles. The van der Waals surface area contributed by atoms with Crippen LogP contribution in [0.3, 0.4) is 0 Å². The molecule has 0 spiro atoms. The van der Waals surface area contributed by atoms with E-state index < -0.39 is 16.4 Å². The maximum Gasteiger partial charge on any atom is 0.251 e. The summed E-state index contributed by atoms with van der Waals surface area (Å²) in [6, 6.07) is 12.8. The molecule has 0 fully saturated rings. The lowest BCUT2D eigenvalue weighted by Gasteiger charge is -2.07. The van der Waals surface area contributed by atoms with Gasteiger partial charge in [-0.05, 0) is 35.9 Å². The quantitative estimate of drug-likeness (QED) is 0.832. The van der Waals surface area contributed by atoms with E-state index in [2.05, 4.69) is 5.32 Å². The van der Waals surface area contributed by atoms with E-state index in [0.29, 0.717) is 10.6 Å². The van der Waals surface area contributed by atoms with Crippen LogP contribution in [0, 0.1) is 0 Å². The molecule has 2 N–H and O–H groups in total. The molecule has 2 aromatic rings. The van der Waals surface area contributed by atoms with Gasteiger partial charge in [0.2, 0.25) is 0 Å². The minimum atomic E-state index is -3.46. The second kappa shape index (κ2) is 7.59. The first kappa shape index (κ1) is 17.5. The smallest absolute Gasteiger partial charge is 0.251 e. The van der Waals surface area contributed by atoms with Crippen molar-refractivity contribution in [3.05, 3.63) is 64.7 Å². The van der Waals surface area contributed by atoms with E-state index in [0.717, 1.165) is 5.56 Å². The second-order valence-electron chi connectivity index (χ2n) is 4.88. The lowest BCUT2D eigenvalue weighted by atomic mass is 10.2. The van der Waals surface area contributed by atoms with Gasteiger partial charge in [0.05, 0.1) is 17.3 Å². The van der Waals surface area contributed by atoms with E-state index in [1.54, 1.807) is 36.4 Å². The van der Waals surface area contributed by atoms with Crippen LogP contribution >= 0.6 is 11.6 Å². The fourth-order valence-corrected chi connectivity index (χ4v) is 3.18. The molecule has 0 aromatic heterocycles. The number of amides is 1. The monoisotopic (exact) mass is 353 g/mol. The predicted octanol–water partition coefficient (Wildman–Crippen LogP) is 2.04.